The normalized spacial score (nSPS) is 10.9. The van der Waals surface area contributed by atoms with Crippen molar-refractivity contribution in [3.05, 3.63) is 24.0 Å². The van der Waals surface area contributed by atoms with Crippen LogP contribution < -0.4 is 10.2 Å². The minimum atomic E-state index is -0.478. The molecule has 100 valence electrons. The largest absolute Gasteiger partial charge is 0.444 e. The van der Waals surface area contributed by atoms with Gasteiger partial charge in [0.15, 0.2) is 0 Å². The maximum Gasteiger partial charge on any atom is 0.407 e. The first-order valence-electron chi connectivity index (χ1n) is 5.86. The highest BCUT2D eigenvalue weighted by atomic mass is 16.6. The van der Waals surface area contributed by atoms with Crippen LogP contribution in [0, 0.1) is 0 Å². The molecule has 0 bridgehead atoms. The second-order valence-corrected chi connectivity index (χ2v) is 5.30. The number of aromatic nitrogens is 1. The summed E-state index contributed by atoms with van der Waals surface area (Å²) in [4.78, 5) is 17.6. The van der Waals surface area contributed by atoms with Crippen LogP contribution in [-0.4, -0.2) is 30.8 Å². The first-order chi connectivity index (χ1) is 8.28. The summed E-state index contributed by atoms with van der Waals surface area (Å²) in [6.07, 6.45) is 3.08. The van der Waals surface area contributed by atoms with Gasteiger partial charge in [0.25, 0.3) is 0 Å². The molecule has 1 amide bonds. The lowest BCUT2D eigenvalue weighted by Gasteiger charge is -2.19. The van der Waals surface area contributed by atoms with Crippen LogP contribution in [0.25, 0.3) is 0 Å². The average Bonchev–Trinajstić information content (AvgIpc) is 2.24. The summed E-state index contributed by atoms with van der Waals surface area (Å²) >= 11 is 0. The summed E-state index contributed by atoms with van der Waals surface area (Å²) in [6.45, 7) is 5.91. The molecule has 0 aliphatic heterocycles. The maximum absolute atomic E-state index is 11.5. The summed E-state index contributed by atoms with van der Waals surface area (Å²) in [6, 6.07) is 1.98. The third-order valence-electron chi connectivity index (χ3n) is 2.13. The molecule has 1 heterocycles. The zero-order chi connectivity index (χ0) is 13.8. The fourth-order valence-electron chi connectivity index (χ4n) is 1.30. The van der Waals surface area contributed by atoms with Crippen molar-refractivity contribution in [2.75, 3.05) is 19.0 Å². The van der Waals surface area contributed by atoms with Crippen molar-refractivity contribution in [3.63, 3.8) is 0 Å². The summed E-state index contributed by atoms with van der Waals surface area (Å²) in [5, 5.41) is 2.70. The first-order valence-corrected chi connectivity index (χ1v) is 5.86. The number of carbonyl (C=O) groups is 1. The van der Waals surface area contributed by atoms with Crippen LogP contribution in [0.4, 0.5) is 10.5 Å². The molecule has 5 nitrogen and oxygen atoms in total. The van der Waals surface area contributed by atoms with Gasteiger partial charge in [-0.1, -0.05) is 0 Å². The Hall–Kier alpha value is -1.78. The van der Waals surface area contributed by atoms with Gasteiger partial charge in [-0.3, -0.25) is 4.98 Å². The number of alkyl carbamates (subject to hydrolysis) is 1. The Kier molecular flexibility index (Phi) is 4.53. The van der Waals surface area contributed by atoms with E-state index in [1.54, 1.807) is 12.4 Å². The molecule has 0 radical (unpaired) electrons. The highest BCUT2D eigenvalue weighted by Gasteiger charge is 2.15. The molecular formula is C13H21N3O2. The van der Waals surface area contributed by atoms with Crippen LogP contribution in [-0.2, 0) is 11.3 Å². The standard InChI is InChI=1S/C13H21N3O2/c1-13(2,3)18-12(17)15-8-10-6-11(16(4)5)9-14-7-10/h6-7,9H,8H2,1-5H3,(H,15,17). The smallest absolute Gasteiger partial charge is 0.407 e. The molecule has 1 rings (SSSR count). The van der Waals surface area contributed by atoms with E-state index in [1.165, 1.54) is 0 Å². The Morgan fingerprint density at radius 1 is 1.39 bits per heavy atom. The fourth-order valence-corrected chi connectivity index (χ4v) is 1.30. The number of carbonyl (C=O) groups excluding carboxylic acids is 1. The van der Waals surface area contributed by atoms with Crippen LogP contribution in [0.3, 0.4) is 0 Å². The number of hydrogen-bond donors (Lipinski definition) is 1. The molecule has 0 aliphatic carbocycles. The van der Waals surface area contributed by atoms with E-state index in [9.17, 15) is 4.79 Å². The van der Waals surface area contributed by atoms with E-state index in [1.807, 2.05) is 45.8 Å². The molecule has 0 saturated carbocycles. The van der Waals surface area contributed by atoms with Crippen LogP contribution in [0.5, 0.6) is 0 Å². The zero-order valence-corrected chi connectivity index (χ0v) is 11.7. The Bertz CT molecular complexity index is 411. The molecule has 1 aromatic heterocycles. The van der Waals surface area contributed by atoms with Gasteiger partial charge in [-0.25, -0.2) is 4.79 Å². The van der Waals surface area contributed by atoms with E-state index in [0.717, 1.165) is 11.3 Å². The van der Waals surface area contributed by atoms with Crippen molar-refractivity contribution >= 4 is 11.8 Å². The van der Waals surface area contributed by atoms with Crippen LogP contribution in [0.15, 0.2) is 18.5 Å². The van der Waals surface area contributed by atoms with Crippen molar-refractivity contribution in [2.24, 2.45) is 0 Å². The van der Waals surface area contributed by atoms with Gasteiger partial charge in [0.05, 0.1) is 11.9 Å². The second-order valence-electron chi connectivity index (χ2n) is 5.30. The molecular weight excluding hydrogens is 230 g/mol. The van der Waals surface area contributed by atoms with Crippen molar-refractivity contribution in [1.29, 1.82) is 0 Å². The number of nitrogens with one attached hydrogen (secondary N) is 1. The SMILES string of the molecule is CN(C)c1cncc(CNC(=O)OC(C)(C)C)c1. The summed E-state index contributed by atoms with van der Waals surface area (Å²) < 4.78 is 5.16. The quantitative estimate of drug-likeness (QED) is 0.894. The Morgan fingerprint density at radius 3 is 2.61 bits per heavy atom. The monoisotopic (exact) mass is 251 g/mol. The van der Waals surface area contributed by atoms with Gasteiger partial charge < -0.3 is 15.0 Å². The van der Waals surface area contributed by atoms with Crippen LogP contribution in [0.1, 0.15) is 26.3 Å². The molecule has 0 saturated heterocycles. The zero-order valence-electron chi connectivity index (χ0n) is 11.7. The molecule has 18 heavy (non-hydrogen) atoms. The average molecular weight is 251 g/mol. The van der Waals surface area contributed by atoms with E-state index in [2.05, 4.69) is 10.3 Å². The lowest BCUT2D eigenvalue weighted by Crippen LogP contribution is -2.32. The van der Waals surface area contributed by atoms with Crippen LogP contribution >= 0.6 is 0 Å². The molecule has 1 aromatic rings. The molecule has 5 heteroatoms. The van der Waals surface area contributed by atoms with Crippen molar-refractivity contribution in [2.45, 2.75) is 32.9 Å². The van der Waals surface area contributed by atoms with E-state index in [-0.39, 0.29) is 0 Å². The van der Waals surface area contributed by atoms with Gasteiger partial charge in [0, 0.05) is 26.8 Å². The van der Waals surface area contributed by atoms with Gasteiger partial charge in [-0.05, 0) is 32.4 Å². The molecule has 0 atom stereocenters. The third kappa shape index (κ3) is 5.03. The molecule has 0 unspecified atom stereocenters. The molecule has 0 aromatic carbocycles. The van der Waals surface area contributed by atoms with Crippen molar-refractivity contribution in [3.8, 4) is 0 Å². The summed E-state index contributed by atoms with van der Waals surface area (Å²) in [5.41, 5.74) is 1.46. The first kappa shape index (κ1) is 14.3. The topological polar surface area (TPSA) is 54.5 Å². The highest BCUT2D eigenvalue weighted by molar-refractivity contribution is 5.67. The maximum atomic E-state index is 11.5. The Labute approximate surface area is 108 Å². The molecule has 0 fully saturated rings. The summed E-state index contributed by atoms with van der Waals surface area (Å²) in [5.74, 6) is 0. The van der Waals surface area contributed by atoms with Gasteiger partial charge in [-0.2, -0.15) is 0 Å². The van der Waals surface area contributed by atoms with Gasteiger partial charge >= 0.3 is 6.09 Å². The number of amides is 1. The van der Waals surface area contributed by atoms with E-state index in [4.69, 9.17) is 4.74 Å². The van der Waals surface area contributed by atoms with Crippen molar-refractivity contribution in [1.82, 2.24) is 10.3 Å². The van der Waals surface area contributed by atoms with Crippen molar-refractivity contribution < 1.29 is 9.53 Å². The lowest BCUT2D eigenvalue weighted by molar-refractivity contribution is 0.0523. The predicted molar refractivity (Wildman–Crippen MR) is 71.6 cm³/mol. The Balaban J connectivity index is 2.53. The number of anilines is 1. The number of pyridine rings is 1. The van der Waals surface area contributed by atoms with E-state index >= 15 is 0 Å². The van der Waals surface area contributed by atoms with Gasteiger partial charge in [0.2, 0.25) is 0 Å². The molecule has 0 spiro atoms. The number of hydrogen-bond acceptors (Lipinski definition) is 4. The van der Waals surface area contributed by atoms with E-state index in [0.29, 0.717) is 6.54 Å². The lowest BCUT2D eigenvalue weighted by atomic mass is 10.2. The highest BCUT2D eigenvalue weighted by Crippen LogP contribution is 2.11. The number of rotatable bonds is 3. The molecule has 0 aliphatic rings. The van der Waals surface area contributed by atoms with E-state index < -0.39 is 11.7 Å². The third-order valence-corrected chi connectivity index (χ3v) is 2.13. The van der Waals surface area contributed by atoms with Crippen LogP contribution in [0.2, 0.25) is 0 Å². The Morgan fingerprint density at radius 2 is 2.06 bits per heavy atom. The fraction of sp³-hybridized carbons (Fsp3) is 0.538. The minimum absolute atomic E-state index is 0.406. The van der Waals surface area contributed by atoms with Gasteiger partial charge in [-0.15, -0.1) is 0 Å². The number of nitrogens with zero attached hydrogens (tertiary/aromatic N) is 2. The van der Waals surface area contributed by atoms with Gasteiger partial charge in [0.1, 0.15) is 5.60 Å². The number of ether oxygens (including phenoxy) is 1. The summed E-state index contributed by atoms with van der Waals surface area (Å²) in [7, 11) is 3.89. The minimum Gasteiger partial charge on any atom is -0.444 e. The predicted octanol–water partition coefficient (Wildman–Crippen LogP) is 2.17. The second kappa shape index (κ2) is 5.71. The molecule has 1 N–H and O–H groups in total.